The fourth-order valence-corrected chi connectivity index (χ4v) is 2.82. The van der Waals surface area contributed by atoms with Crippen LogP contribution in [0.1, 0.15) is 5.56 Å². The largest absolute Gasteiger partial charge is 0.508 e. The minimum absolute atomic E-state index is 0.143. The zero-order valence-electron chi connectivity index (χ0n) is 10.9. The Morgan fingerprint density at radius 1 is 1.19 bits per heavy atom. The van der Waals surface area contributed by atoms with Gasteiger partial charge in [-0.3, -0.25) is 0 Å². The van der Waals surface area contributed by atoms with E-state index < -0.39 is 0 Å². The Hall–Kier alpha value is -2.84. The van der Waals surface area contributed by atoms with Crippen molar-refractivity contribution in [2.45, 2.75) is 0 Å². The fraction of sp³-hybridized carbons (Fsp3) is 0. The molecule has 2 heterocycles. The van der Waals surface area contributed by atoms with Gasteiger partial charge in [-0.2, -0.15) is 5.26 Å². The summed E-state index contributed by atoms with van der Waals surface area (Å²) in [5.41, 5.74) is 8.37. The summed E-state index contributed by atoms with van der Waals surface area (Å²) in [4.78, 5) is 5.28. The number of benzene rings is 1. The van der Waals surface area contributed by atoms with Gasteiger partial charge < -0.3 is 10.8 Å². The monoisotopic (exact) mass is 293 g/mol. The molecular weight excluding hydrogens is 282 g/mol. The Kier molecular flexibility index (Phi) is 3.30. The highest BCUT2D eigenvalue weighted by molar-refractivity contribution is 7.13. The Labute approximate surface area is 125 Å². The number of aromatic hydroxyl groups is 1. The summed E-state index contributed by atoms with van der Waals surface area (Å²) in [5, 5.41) is 20.9. The van der Waals surface area contributed by atoms with Crippen molar-refractivity contribution in [2.24, 2.45) is 0 Å². The third-order valence-corrected chi connectivity index (χ3v) is 3.98. The summed E-state index contributed by atoms with van der Waals surface area (Å²) in [6.45, 7) is 0. The van der Waals surface area contributed by atoms with E-state index in [1.165, 1.54) is 0 Å². The van der Waals surface area contributed by atoms with E-state index in [1.54, 1.807) is 29.5 Å². The first-order valence-electron chi connectivity index (χ1n) is 6.23. The molecule has 0 unspecified atom stereocenters. The van der Waals surface area contributed by atoms with Gasteiger partial charge in [-0.1, -0.05) is 18.2 Å². The van der Waals surface area contributed by atoms with Crippen LogP contribution < -0.4 is 5.73 Å². The van der Waals surface area contributed by atoms with Crippen LogP contribution in [-0.2, 0) is 0 Å². The lowest BCUT2D eigenvalue weighted by atomic mass is 10.00. The maximum Gasteiger partial charge on any atom is 0.142 e. The highest BCUT2D eigenvalue weighted by Gasteiger charge is 2.14. The smallest absolute Gasteiger partial charge is 0.142 e. The molecule has 0 bridgehead atoms. The van der Waals surface area contributed by atoms with Crippen molar-refractivity contribution in [3.8, 4) is 33.5 Å². The molecule has 4 nitrogen and oxygen atoms in total. The molecule has 5 heteroatoms. The lowest BCUT2D eigenvalue weighted by Crippen LogP contribution is -1.99. The van der Waals surface area contributed by atoms with Crippen LogP contribution in [0, 0.1) is 11.3 Å². The number of thiophene rings is 1. The molecule has 0 amide bonds. The second-order valence-corrected chi connectivity index (χ2v) is 5.40. The number of phenols is 1. The van der Waals surface area contributed by atoms with Crippen molar-refractivity contribution < 1.29 is 5.11 Å². The number of anilines is 1. The predicted octanol–water partition coefficient (Wildman–Crippen LogP) is 3.64. The molecule has 0 atom stereocenters. The Morgan fingerprint density at radius 3 is 2.71 bits per heavy atom. The van der Waals surface area contributed by atoms with Crippen LogP contribution in [0.4, 0.5) is 5.82 Å². The predicted molar refractivity (Wildman–Crippen MR) is 83.8 cm³/mol. The number of aromatic nitrogens is 1. The highest BCUT2D eigenvalue weighted by atomic mass is 32.1. The summed E-state index contributed by atoms with van der Waals surface area (Å²) < 4.78 is 0. The Morgan fingerprint density at radius 2 is 2.05 bits per heavy atom. The van der Waals surface area contributed by atoms with E-state index in [4.69, 9.17) is 5.73 Å². The Bertz CT molecular complexity index is 835. The molecule has 0 saturated heterocycles. The van der Waals surface area contributed by atoms with Crippen LogP contribution in [0.25, 0.3) is 21.7 Å². The van der Waals surface area contributed by atoms with E-state index in [1.807, 2.05) is 29.6 Å². The second kappa shape index (κ2) is 5.27. The molecule has 1 aromatic carbocycles. The summed E-state index contributed by atoms with van der Waals surface area (Å²) in [6, 6.07) is 14.5. The third-order valence-electron chi connectivity index (χ3n) is 3.09. The van der Waals surface area contributed by atoms with E-state index in [9.17, 15) is 10.4 Å². The SMILES string of the molecule is N#Cc1c(-c2cccc(O)c2)cc(-c2cccs2)nc1N. The van der Waals surface area contributed by atoms with Gasteiger partial charge in [0.2, 0.25) is 0 Å². The standard InChI is InChI=1S/C16H11N3OS/c17-9-13-12(10-3-1-4-11(20)7-10)8-14(19-16(13)18)15-5-2-6-21-15/h1-8,20H,(H2,18,19). The summed E-state index contributed by atoms with van der Waals surface area (Å²) in [5.74, 6) is 0.339. The first kappa shape index (κ1) is 13.2. The van der Waals surface area contributed by atoms with E-state index in [-0.39, 0.29) is 11.6 Å². The van der Waals surface area contributed by atoms with Gasteiger partial charge in [0, 0.05) is 5.56 Å². The average molecular weight is 293 g/mol. The van der Waals surface area contributed by atoms with Gasteiger partial charge in [0.25, 0.3) is 0 Å². The van der Waals surface area contributed by atoms with Gasteiger partial charge in [-0.25, -0.2) is 4.98 Å². The Balaban J connectivity index is 2.25. The molecule has 102 valence electrons. The van der Waals surface area contributed by atoms with Crippen molar-refractivity contribution in [1.82, 2.24) is 4.98 Å². The topological polar surface area (TPSA) is 82.9 Å². The number of nitrogen functional groups attached to an aromatic ring is 1. The molecule has 0 fully saturated rings. The lowest BCUT2D eigenvalue weighted by molar-refractivity contribution is 0.475. The number of nitrogens with zero attached hydrogens (tertiary/aromatic N) is 2. The van der Waals surface area contributed by atoms with Crippen molar-refractivity contribution in [2.75, 3.05) is 5.73 Å². The zero-order chi connectivity index (χ0) is 14.8. The number of nitriles is 1. The third kappa shape index (κ3) is 2.45. The maximum atomic E-state index is 9.63. The number of hydrogen-bond donors (Lipinski definition) is 2. The van der Waals surface area contributed by atoms with E-state index in [0.29, 0.717) is 11.1 Å². The first-order valence-corrected chi connectivity index (χ1v) is 7.11. The van der Waals surface area contributed by atoms with Crippen LogP contribution in [-0.4, -0.2) is 10.1 Å². The minimum atomic E-state index is 0.143. The van der Waals surface area contributed by atoms with Gasteiger partial charge in [0.15, 0.2) is 0 Å². The maximum absolute atomic E-state index is 9.63. The molecule has 0 aliphatic rings. The number of phenolic OH excluding ortho intramolecular Hbond substituents is 1. The van der Waals surface area contributed by atoms with Crippen molar-refractivity contribution in [3.05, 3.63) is 53.4 Å². The first-order chi connectivity index (χ1) is 10.2. The fourth-order valence-electron chi connectivity index (χ4n) is 2.13. The average Bonchev–Trinajstić information content (AvgIpc) is 3.00. The van der Waals surface area contributed by atoms with Crippen molar-refractivity contribution in [1.29, 1.82) is 5.26 Å². The van der Waals surface area contributed by atoms with Gasteiger partial charge in [0.1, 0.15) is 23.2 Å². The molecule has 21 heavy (non-hydrogen) atoms. The minimum Gasteiger partial charge on any atom is -0.508 e. The molecule has 0 spiro atoms. The van der Waals surface area contributed by atoms with Gasteiger partial charge in [-0.15, -0.1) is 11.3 Å². The normalized spacial score (nSPS) is 10.2. The molecule has 3 aromatic rings. The van der Waals surface area contributed by atoms with Crippen LogP contribution in [0.3, 0.4) is 0 Å². The molecule has 0 aliphatic heterocycles. The quantitative estimate of drug-likeness (QED) is 0.755. The molecular formula is C16H11N3OS. The molecule has 0 saturated carbocycles. The van der Waals surface area contributed by atoms with E-state index >= 15 is 0 Å². The number of hydrogen-bond acceptors (Lipinski definition) is 5. The molecule has 3 N–H and O–H groups in total. The van der Waals surface area contributed by atoms with Crippen LogP contribution in [0.5, 0.6) is 5.75 Å². The highest BCUT2D eigenvalue weighted by Crippen LogP contribution is 2.33. The molecule has 2 aromatic heterocycles. The van der Waals surface area contributed by atoms with Crippen LogP contribution in [0.2, 0.25) is 0 Å². The van der Waals surface area contributed by atoms with Crippen LogP contribution >= 0.6 is 11.3 Å². The van der Waals surface area contributed by atoms with Gasteiger partial charge >= 0.3 is 0 Å². The summed E-state index contributed by atoms with van der Waals surface area (Å²) >= 11 is 1.55. The van der Waals surface area contributed by atoms with E-state index in [2.05, 4.69) is 11.1 Å². The number of pyridine rings is 1. The molecule has 3 rings (SSSR count). The lowest BCUT2D eigenvalue weighted by Gasteiger charge is -2.09. The number of rotatable bonds is 2. The number of nitrogens with two attached hydrogens (primary N) is 1. The van der Waals surface area contributed by atoms with E-state index in [0.717, 1.165) is 16.1 Å². The van der Waals surface area contributed by atoms with Gasteiger partial charge in [-0.05, 0) is 35.2 Å². The summed E-state index contributed by atoms with van der Waals surface area (Å²) in [6.07, 6.45) is 0. The van der Waals surface area contributed by atoms with Crippen LogP contribution in [0.15, 0.2) is 47.8 Å². The van der Waals surface area contributed by atoms with Crippen molar-refractivity contribution in [3.63, 3.8) is 0 Å². The molecule has 0 aliphatic carbocycles. The van der Waals surface area contributed by atoms with Crippen molar-refractivity contribution >= 4 is 17.2 Å². The van der Waals surface area contributed by atoms with Gasteiger partial charge in [0.05, 0.1) is 10.6 Å². The second-order valence-electron chi connectivity index (χ2n) is 4.45. The molecule has 0 radical (unpaired) electrons. The zero-order valence-corrected chi connectivity index (χ0v) is 11.8. The summed E-state index contributed by atoms with van der Waals surface area (Å²) in [7, 11) is 0.